The summed E-state index contributed by atoms with van der Waals surface area (Å²) in [7, 11) is 0. The molecule has 3 N–H and O–H groups in total. The van der Waals surface area contributed by atoms with Gasteiger partial charge in [0, 0.05) is 13.0 Å². The topological polar surface area (TPSA) is 131 Å². The molecule has 0 aromatic heterocycles. The summed E-state index contributed by atoms with van der Waals surface area (Å²) in [6, 6.07) is 7.95. The van der Waals surface area contributed by atoms with Gasteiger partial charge in [0.15, 0.2) is 12.6 Å². The molecule has 0 unspecified atom stereocenters. The third kappa shape index (κ3) is 8.52. The number of hydrogen-bond acceptors (Lipinski definition) is 6. The van der Waals surface area contributed by atoms with Crippen LogP contribution < -0.4 is 15.4 Å². The summed E-state index contributed by atoms with van der Waals surface area (Å²) >= 11 is 0. The minimum Gasteiger partial charge on any atom is -0.484 e. The largest absolute Gasteiger partial charge is 0.484 e. The number of aliphatic carboxylic acids is 1. The van der Waals surface area contributed by atoms with E-state index in [0.717, 1.165) is 5.57 Å². The van der Waals surface area contributed by atoms with Gasteiger partial charge in [-0.05, 0) is 26.0 Å². The number of carboxylic acids is 1. The lowest BCUT2D eigenvalue weighted by Gasteiger charge is -2.35. The number of benzene rings is 1. The first kappa shape index (κ1) is 21.7. The van der Waals surface area contributed by atoms with E-state index in [4.69, 9.17) is 14.6 Å². The third-order valence-corrected chi connectivity index (χ3v) is 3.00. The molecule has 1 aromatic carbocycles. The second kappa shape index (κ2) is 10.6. The average Bonchev–Trinajstić information content (AvgIpc) is 2.57. The molecule has 1 saturated heterocycles. The highest BCUT2D eigenvalue weighted by atomic mass is 16.6. The van der Waals surface area contributed by atoms with Crippen molar-refractivity contribution in [2.45, 2.75) is 33.0 Å². The van der Waals surface area contributed by atoms with Crippen molar-refractivity contribution in [3.63, 3.8) is 0 Å². The Labute approximate surface area is 156 Å². The van der Waals surface area contributed by atoms with Crippen LogP contribution in [0.2, 0.25) is 0 Å². The van der Waals surface area contributed by atoms with Crippen LogP contribution in [-0.4, -0.2) is 47.7 Å². The van der Waals surface area contributed by atoms with Gasteiger partial charge in [-0.15, -0.1) is 0 Å². The third-order valence-electron chi connectivity index (χ3n) is 3.00. The summed E-state index contributed by atoms with van der Waals surface area (Å²) in [5, 5.41) is 12.8. The van der Waals surface area contributed by atoms with Gasteiger partial charge >= 0.3 is 11.9 Å². The fourth-order valence-corrected chi connectivity index (χ4v) is 1.90. The molecule has 1 fully saturated rings. The number of carboxylic acid groups (broad SMARTS) is 1. The Kier molecular flexibility index (Phi) is 8.50. The minimum atomic E-state index is -0.875. The van der Waals surface area contributed by atoms with Crippen molar-refractivity contribution in [3.05, 3.63) is 42.0 Å². The highest BCUT2D eigenvalue weighted by Gasteiger charge is 2.42. The maximum absolute atomic E-state index is 11.6. The normalized spacial score (nSPS) is 17.1. The molecular weight excluding hydrogens is 356 g/mol. The number of β-lactam (4-membered cyclic amide) rings is 1. The Morgan fingerprint density at radius 2 is 1.81 bits per heavy atom. The summed E-state index contributed by atoms with van der Waals surface area (Å²) in [4.78, 5) is 43.4. The van der Waals surface area contributed by atoms with E-state index >= 15 is 0 Å². The van der Waals surface area contributed by atoms with Gasteiger partial charge in [-0.2, -0.15) is 0 Å². The number of carbonyl (C=O) groups is 4. The lowest BCUT2D eigenvalue weighted by molar-refractivity contribution is -0.164. The summed E-state index contributed by atoms with van der Waals surface area (Å²) in [6.07, 6.45) is 0.348. The molecule has 146 valence electrons. The van der Waals surface area contributed by atoms with Crippen LogP contribution in [0.15, 0.2) is 42.0 Å². The molecule has 0 aliphatic carbocycles. The summed E-state index contributed by atoms with van der Waals surface area (Å²) < 4.78 is 10.0. The monoisotopic (exact) mass is 378 g/mol. The smallest absolute Gasteiger partial charge is 0.328 e. The highest BCUT2D eigenvalue weighted by molar-refractivity contribution is 5.93. The molecule has 0 spiro atoms. The number of nitrogens with one attached hydrogen (secondary N) is 2. The van der Waals surface area contributed by atoms with Crippen LogP contribution in [0.3, 0.4) is 0 Å². The number of ether oxygens (including phenoxy) is 2. The Balaban J connectivity index is 0.000000445. The summed E-state index contributed by atoms with van der Waals surface area (Å²) in [5.41, 5.74) is 0.813. The second-order valence-electron chi connectivity index (χ2n) is 5.75. The van der Waals surface area contributed by atoms with Gasteiger partial charge in [-0.1, -0.05) is 23.8 Å². The predicted molar refractivity (Wildman–Crippen MR) is 94.6 cm³/mol. The fraction of sp³-hybridized carbons (Fsp3) is 0.333. The quantitative estimate of drug-likeness (QED) is 0.375. The molecule has 0 bridgehead atoms. The molecule has 9 heteroatoms. The molecule has 1 aromatic rings. The van der Waals surface area contributed by atoms with E-state index in [-0.39, 0.29) is 6.61 Å². The van der Waals surface area contributed by atoms with E-state index in [9.17, 15) is 19.2 Å². The van der Waals surface area contributed by atoms with Crippen LogP contribution in [-0.2, 0) is 23.9 Å². The van der Waals surface area contributed by atoms with Crippen LogP contribution in [0, 0.1) is 0 Å². The number of para-hydroxylation sites is 1. The Bertz CT molecular complexity index is 712. The van der Waals surface area contributed by atoms with E-state index in [1.165, 1.54) is 13.0 Å². The number of esters is 1. The molecular formula is C18H22N2O7. The first-order valence-electron chi connectivity index (χ1n) is 8.01. The average molecular weight is 378 g/mol. The number of amides is 2. The van der Waals surface area contributed by atoms with Gasteiger partial charge in [0.2, 0.25) is 6.23 Å². The van der Waals surface area contributed by atoms with E-state index in [1.54, 1.807) is 38.1 Å². The SMILES string of the molecule is CC(=O)O[C@@H]1NC(=O)[C@H]1NC(=O)COc1ccccc1.CC(C)=CC(=O)O. The van der Waals surface area contributed by atoms with Gasteiger partial charge < -0.3 is 25.2 Å². The van der Waals surface area contributed by atoms with Crippen molar-refractivity contribution in [2.24, 2.45) is 0 Å². The van der Waals surface area contributed by atoms with E-state index < -0.39 is 36.0 Å². The van der Waals surface area contributed by atoms with Gasteiger partial charge in [-0.3, -0.25) is 14.4 Å². The van der Waals surface area contributed by atoms with Crippen LogP contribution >= 0.6 is 0 Å². The Hall–Kier alpha value is -3.36. The van der Waals surface area contributed by atoms with Crippen molar-refractivity contribution < 1.29 is 33.8 Å². The van der Waals surface area contributed by atoms with Crippen molar-refractivity contribution >= 4 is 23.8 Å². The van der Waals surface area contributed by atoms with E-state index in [0.29, 0.717) is 5.75 Å². The number of carbonyl (C=O) groups excluding carboxylic acids is 3. The minimum absolute atomic E-state index is 0.222. The van der Waals surface area contributed by atoms with Gasteiger partial charge in [-0.25, -0.2) is 4.79 Å². The molecule has 1 aliphatic rings. The number of rotatable bonds is 6. The zero-order valence-corrected chi connectivity index (χ0v) is 15.2. The molecule has 27 heavy (non-hydrogen) atoms. The molecule has 9 nitrogen and oxygen atoms in total. The van der Waals surface area contributed by atoms with Crippen LogP contribution in [0.25, 0.3) is 0 Å². The van der Waals surface area contributed by atoms with E-state index in [1.807, 2.05) is 6.07 Å². The Morgan fingerprint density at radius 1 is 1.19 bits per heavy atom. The molecule has 0 radical (unpaired) electrons. The highest BCUT2D eigenvalue weighted by Crippen LogP contribution is 2.10. The van der Waals surface area contributed by atoms with Crippen LogP contribution in [0.5, 0.6) is 5.75 Å². The molecule has 2 rings (SSSR count). The molecule has 1 aliphatic heterocycles. The van der Waals surface area contributed by atoms with Crippen molar-refractivity contribution in [3.8, 4) is 5.75 Å². The summed E-state index contributed by atoms with van der Waals surface area (Å²) in [6.45, 7) is 4.49. The van der Waals surface area contributed by atoms with Gasteiger partial charge in [0.1, 0.15) is 5.75 Å². The van der Waals surface area contributed by atoms with Crippen LogP contribution in [0.4, 0.5) is 0 Å². The van der Waals surface area contributed by atoms with Gasteiger partial charge in [0.25, 0.3) is 11.8 Å². The lowest BCUT2D eigenvalue weighted by Crippen LogP contribution is -2.70. The fourth-order valence-electron chi connectivity index (χ4n) is 1.90. The molecule has 1 heterocycles. The van der Waals surface area contributed by atoms with Crippen molar-refractivity contribution in [1.29, 1.82) is 0 Å². The second-order valence-corrected chi connectivity index (χ2v) is 5.75. The summed E-state index contributed by atoms with van der Waals surface area (Å²) in [5.74, 6) is -1.72. The zero-order valence-electron chi connectivity index (χ0n) is 15.2. The molecule has 2 amide bonds. The van der Waals surface area contributed by atoms with Crippen molar-refractivity contribution in [2.75, 3.05) is 6.61 Å². The number of hydrogen-bond donors (Lipinski definition) is 3. The molecule has 0 saturated carbocycles. The standard InChI is InChI=1S/C13H14N2O5.C5H8O2/c1-8(16)20-13-11(12(18)15-13)14-10(17)7-19-9-5-3-2-4-6-9;1-4(2)3-5(6)7/h2-6,11,13H,7H2,1H3,(H,14,17)(H,15,18);3H,1-2H3,(H,6,7)/t11-,13+;/m1./s1. The van der Waals surface area contributed by atoms with Gasteiger partial charge in [0.05, 0.1) is 0 Å². The maximum atomic E-state index is 11.6. The maximum Gasteiger partial charge on any atom is 0.328 e. The Morgan fingerprint density at radius 3 is 2.26 bits per heavy atom. The first-order chi connectivity index (χ1) is 12.7. The predicted octanol–water partition coefficient (Wildman–Crippen LogP) is 0.606. The zero-order chi connectivity index (χ0) is 20.4. The lowest BCUT2D eigenvalue weighted by atomic mass is 10.1. The molecule has 2 atom stereocenters. The van der Waals surface area contributed by atoms with E-state index in [2.05, 4.69) is 10.6 Å². The number of allylic oxidation sites excluding steroid dienone is 1. The van der Waals surface area contributed by atoms with Crippen LogP contribution in [0.1, 0.15) is 20.8 Å². The first-order valence-corrected chi connectivity index (χ1v) is 8.01. The van der Waals surface area contributed by atoms with Crippen molar-refractivity contribution in [1.82, 2.24) is 10.6 Å².